The Morgan fingerprint density at radius 1 is 1.27 bits per heavy atom. The van der Waals surface area contributed by atoms with Gasteiger partial charge in [0.25, 0.3) is 0 Å². The lowest BCUT2D eigenvalue weighted by molar-refractivity contribution is 0.281. The Hall–Kier alpha value is -1.13. The number of aliphatic hydroxyl groups is 1. The molecule has 4 nitrogen and oxygen atoms in total. The number of aliphatic hydroxyl groups excluding tert-OH is 1. The lowest BCUT2D eigenvalue weighted by Gasteiger charge is -2.33. The molecular formula is C11H17N3O. The van der Waals surface area contributed by atoms with Crippen LogP contribution in [0, 0.1) is 0 Å². The quantitative estimate of drug-likeness (QED) is 0.758. The van der Waals surface area contributed by atoms with Crippen LogP contribution >= 0.6 is 0 Å². The number of anilines is 1. The van der Waals surface area contributed by atoms with E-state index in [1.807, 2.05) is 12.1 Å². The standard InChI is InChI=1S/C11H17N3O/c1-13-4-6-14(7-5-13)11-3-2-10(9-15)8-12-11/h2-3,8,15H,4-7,9H2,1H3. The highest BCUT2D eigenvalue weighted by molar-refractivity contribution is 5.39. The molecule has 82 valence electrons. The average molecular weight is 207 g/mol. The molecule has 1 aliphatic heterocycles. The van der Waals surface area contributed by atoms with Crippen LogP contribution in [0.5, 0.6) is 0 Å². The maximum atomic E-state index is 8.91. The first-order valence-electron chi connectivity index (χ1n) is 5.29. The van der Waals surface area contributed by atoms with Gasteiger partial charge in [0.05, 0.1) is 6.61 Å². The fourth-order valence-electron chi connectivity index (χ4n) is 1.73. The lowest BCUT2D eigenvalue weighted by atomic mass is 10.2. The molecule has 0 saturated carbocycles. The first-order chi connectivity index (χ1) is 7.29. The van der Waals surface area contributed by atoms with E-state index in [4.69, 9.17) is 5.11 Å². The number of piperazine rings is 1. The summed E-state index contributed by atoms with van der Waals surface area (Å²) in [6.07, 6.45) is 1.74. The second-order valence-electron chi connectivity index (χ2n) is 3.97. The van der Waals surface area contributed by atoms with Crippen LogP contribution in [0.1, 0.15) is 5.56 Å². The minimum Gasteiger partial charge on any atom is -0.392 e. The van der Waals surface area contributed by atoms with Crippen molar-refractivity contribution in [2.75, 3.05) is 38.1 Å². The second-order valence-corrected chi connectivity index (χ2v) is 3.97. The minimum atomic E-state index is 0.0655. The van der Waals surface area contributed by atoms with Gasteiger partial charge in [-0.2, -0.15) is 0 Å². The third-order valence-corrected chi connectivity index (χ3v) is 2.82. The number of rotatable bonds is 2. The van der Waals surface area contributed by atoms with Crippen LogP contribution in [0.2, 0.25) is 0 Å². The van der Waals surface area contributed by atoms with Crippen LogP contribution in [0.4, 0.5) is 5.82 Å². The molecule has 4 heteroatoms. The molecule has 2 rings (SSSR count). The van der Waals surface area contributed by atoms with Crippen molar-refractivity contribution in [1.82, 2.24) is 9.88 Å². The van der Waals surface area contributed by atoms with E-state index in [9.17, 15) is 0 Å². The van der Waals surface area contributed by atoms with Gasteiger partial charge in [0.2, 0.25) is 0 Å². The molecule has 0 spiro atoms. The van der Waals surface area contributed by atoms with E-state index in [1.54, 1.807) is 6.20 Å². The summed E-state index contributed by atoms with van der Waals surface area (Å²) in [7, 11) is 2.14. The Labute approximate surface area is 90.1 Å². The van der Waals surface area contributed by atoms with E-state index < -0.39 is 0 Å². The van der Waals surface area contributed by atoms with Crippen molar-refractivity contribution in [1.29, 1.82) is 0 Å². The van der Waals surface area contributed by atoms with Gasteiger partial charge in [0.1, 0.15) is 5.82 Å². The Balaban J connectivity index is 2.03. The van der Waals surface area contributed by atoms with Gasteiger partial charge in [-0.05, 0) is 18.7 Å². The average Bonchev–Trinajstić information content (AvgIpc) is 2.30. The zero-order valence-electron chi connectivity index (χ0n) is 9.06. The van der Waals surface area contributed by atoms with Gasteiger partial charge in [-0.3, -0.25) is 0 Å². The predicted octanol–water partition coefficient (Wildman–Crippen LogP) is 0.326. The number of nitrogens with zero attached hydrogens (tertiary/aromatic N) is 3. The molecule has 1 fully saturated rings. The highest BCUT2D eigenvalue weighted by Gasteiger charge is 2.14. The monoisotopic (exact) mass is 207 g/mol. The first-order valence-corrected chi connectivity index (χ1v) is 5.29. The van der Waals surface area contributed by atoms with Crippen LogP contribution in [0.15, 0.2) is 18.3 Å². The Morgan fingerprint density at radius 3 is 2.53 bits per heavy atom. The lowest BCUT2D eigenvalue weighted by Crippen LogP contribution is -2.44. The Morgan fingerprint density at radius 2 is 2.00 bits per heavy atom. The van der Waals surface area contributed by atoms with Crippen molar-refractivity contribution >= 4 is 5.82 Å². The highest BCUT2D eigenvalue weighted by Crippen LogP contribution is 2.13. The van der Waals surface area contributed by atoms with Gasteiger partial charge in [-0.1, -0.05) is 6.07 Å². The van der Waals surface area contributed by atoms with Crippen LogP contribution in [-0.4, -0.2) is 48.2 Å². The second kappa shape index (κ2) is 4.59. The molecule has 1 aromatic rings. The Kier molecular flexibility index (Phi) is 3.18. The fourth-order valence-corrected chi connectivity index (χ4v) is 1.73. The number of hydrogen-bond acceptors (Lipinski definition) is 4. The molecule has 2 heterocycles. The molecule has 1 N–H and O–H groups in total. The van der Waals surface area contributed by atoms with Crippen molar-refractivity contribution in [2.45, 2.75) is 6.61 Å². The van der Waals surface area contributed by atoms with Gasteiger partial charge >= 0.3 is 0 Å². The molecule has 0 aromatic carbocycles. The van der Waals surface area contributed by atoms with E-state index in [-0.39, 0.29) is 6.61 Å². The largest absolute Gasteiger partial charge is 0.392 e. The summed E-state index contributed by atoms with van der Waals surface area (Å²) in [5.74, 6) is 1.01. The SMILES string of the molecule is CN1CCN(c2ccc(CO)cn2)CC1. The first kappa shape index (κ1) is 10.4. The molecule has 0 atom stereocenters. The maximum absolute atomic E-state index is 8.91. The third-order valence-electron chi connectivity index (χ3n) is 2.82. The summed E-state index contributed by atoms with van der Waals surface area (Å²) in [4.78, 5) is 8.94. The van der Waals surface area contributed by atoms with Crippen molar-refractivity contribution in [3.63, 3.8) is 0 Å². The van der Waals surface area contributed by atoms with Crippen LogP contribution in [0.25, 0.3) is 0 Å². The van der Waals surface area contributed by atoms with Crippen molar-refractivity contribution < 1.29 is 5.11 Å². The summed E-state index contributed by atoms with van der Waals surface area (Å²) in [6, 6.07) is 3.91. The topological polar surface area (TPSA) is 39.6 Å². The zero-order valence-corrected chi connectivity index (χ0v) is 9.06. The predicted molar refractivity (Wildman–Crippen MR) is 59.9 cm³/mol. The summed E-state index contributed by atoms with van der Waals surface area (Å²) < 4.78 is 0. The van der Waals surface area contributed by atoms with Crippen molar-refractivity contribution in [2.24, 2.45) is 0 Å². The normalized spacial score (nSPS) is 18.1. The van der Waals surface area contributed by atoms with Crippen LogP contribution < -0.4 is 4.90 Å². The molecule has 0 unspecified atom stereocenters. The zero-order chi connectivity index (χ0) is 10.7. The molecule has 0 amide bonds. The number of hydrogen-bond donors (Lipinski definition) is 1. The van der Waals surface area contributed by atoms with Crippen molar-refractivity contribution in [3.05, 3.63) is 23.9 Å². The van der Waals surface area contributed by atoms with Gasteiger partial charge in [-0.15, -0.1) is 0 Å². The van der Waals surface area contributed by atoms with Crippen LogP contribution in [0.3, 0.4) is 0 Å². The molecule has 0 bridgehead atoms. The van der Waals surface area contributed by atoms with E-state index in [2.05, 4.69) is 21.8 Å². The Bertz CT molecular complexity index is 304. The molecule has 0 radical (unpaired) electrons. The number of aromatic nitrogens is 1. The van der Waals surface area contributed by atoms with Crippen LogP contribution in [-0.2, 0) is 6.61 Å². The summed E-state index contributed by atoms with van der Waals surface area (Å²) in [5.41, 5.74) is 0.868. The third kappa shape index (κ3) is 2.46. The molecular weight excluding hydrogens is 190 g/mol. The van der Waals surface area contributed by atoms with Gasteiger partial charge in [0, 0.05) is 32.4 Å². The van der Waals surface area contributed by atoms with Gasteiger partial charge in [0.15, 0.2) is 0 Å². The number of pyridine rings is 1. The van der Waals surface area contributed by atoms with E-state index in [1.165, 1.54) is 0 Å². The molecule has 1 saturated heterocycles. The van der Waals surface area contributed by atoms with Gasteiger partial charge < -0.3 is 14.9 Å². The summed E-state index contributed by atoms with van der Waals surface area (Å²) >= 11 is 0. The molecule has 0 aliphatic carbocycles. The summed E-state index contributed by atoms with van der Waals surface area (Å²) in [6.45, 7) is 4.30. The van der Waals surface area contributed by atoms with E-state index in [0.717, 1.165) is 37.6 Å². The summed E-state index contributed by atoms with van der Waals surface area (Å²) in [5, 5.41) is 8.91. The highest BCUT2D eigenvalue weighted by atomic mass is 16.3. The van der Waals surface area contributed by atoms with E-state index >= 15 is 0 Å². The molecule has 15 heavy (non-hydrogen) atoms. The minimum absolute atomic E-state index is 0.0655. The molecule has 1 aromatic heterocycles. The maximum Gasteiger partial charge on any atom is 0.128 e. The van der Waals surface area contributed by atoms with Crippen molar-refractivity contribution in [3.8, 4) is 0 Å². The number of likely N-dealkylation sites (N-methyl/N-ethyl adjacent to an activating group) is 1. The van der Waals surface area contributed by atoms with E-state index in [0.29, 0.717) is 0 Å². The molecule has 1 aliphatic rings. The fraction of sp³-hybridized carbons (Fsp3) is 0.545. The van der Waals surface area contributed by atoms with Gasteiger partial charge in [-0.25, -0.2) is 4.98 Å². The smallest absolute Gasteiger partial charge is 0.128 e.